The number of rotatable bonds is 4. The van der Waals surface area contributed by atoms with Gasteiger partial charge in [0.25, 0.3) is 0 Å². The van der Waals surface area contributed by atoms with E-state index in [2.05, 4.69) is 18.0 Å². The molecule has 1 N–H and O–H groups in total. The average molecular weight is 235 g/mol. The zero-order chi connectivity index (χ0) is 12.4. The number of ether oxygens (including phenoxy) is 1. The minimum absolute atomic E-state index is 0.510. The highest BCUT2D eigenvalue weighted by Gasteiger charge is 2.25. The Hall–Kier alpha value is -1.22. The third-order valence-corrected chi connectivity index (χ3v) is 3.68. The monoisotopic (exact) mass is 235 g/mol. The van der Waals surface area contributed by atoms with Crippen LogP contribution in [0.1, 0.15) is 37.9 Å². The summed E-state index contributed by atoms with van der Waals surface area (Å²) in [6.07, 6.45) is 3.28. The summed E-state index contributed by atoms with van der Waals surface area (Å²) in [7, 11) is 3.75. The summed E-state index contributed by atoms with van der Waals surface area (Å²) in [6.45, 7) is 1.79. The molecule has 0 saturated heterocycles. The van der Waals surface area contributed by atoms with Crippen LogP contribution in [-0.2, 0) is 0 Å². The van der Waals surface area contributed by atoms with Crippen molar-refractivity contribution >= 4 is 5.69 Å². The maximum atomic E-state index is 9.93. The Morgan fingerprint density at radius 3 is 2.59 bits per heavy atom. The van der Waals surface area contributed by atoms with Crippen molar-refractivity contribution in [1.29, 1.82) is 0 Å². The lowest BCUT2D eigenvalue weighted by molar-refractivity contribution is 0.194. The predicted octanol–water partition coefficient (Wildman–Crippen LogP) is 2.74. The van der Waals surface area contributed by atoms with Crippen LogP contribution < -0.4 is 9.64 Å². The lowest BCUT2D eigenvalue weighted by Gasteiger charge is -2.38. The van der Waals surface area contributed by atoms with Crippen LogP contribution in [0.3, 0.4) is 0 Å². The molecule has 1 saturated carbocycles. The molecule has 0 spiro atoms. The van der Waals surface area contributed by atoms with Crippen LogP contribution in [0.4, 0.5) is 5.69 Å². The molecular weight excluding hydrogens is 214 g/mol. The minimum atomic E-state index is -0.510. The second-order valence-electron chi connectivity index (χ2n) is 4.76. The molecule has 17 heavy (non-hydrogen) atoms. The molecule has 1 aliphatic carbocycles. The first-order valence-electron chi connectivity index (χ1n) is 6.23. The smallest absolute Gasteiger partial charge is 0.126 e. The van der Waals surface area contributed by atoms with Crippen LogP contribution in [0.2, 0.25) is 0 Å². The Morgan fingerprint density at radius 1 is 1.41 bits per heavy atom. The van der Waals surface area contributed by atoms with E-state index in [1.54, 1.807) is 14.0 Å². The number of hydrogen-bond acceptors (Lipinski definition) is 3. The highest BCUT2D eigenvalue weighted by Crippen LogP contribution is 2.37. The molecule has 1 atom stereocenters. The van der Waals surface area contributed by atoms with Gasteiger partial charge in [-0.1, -0.05) is 6.07 Å². The Balaban J connectivity index is 2.37. The summed E-state index contributed by atoms with van der Waals surface area (Å²) < 4.78 is 5.34. The predicted molar refractivity (Wildman–Crippen MR) is 69.7 cm³/mol. The van der Waals surface area contributed by atoms with Crippen molar-refractivity contribution in [3.63, 3.8) is 0 Å². The second-order valence-corrected chi connectivity index (χ2v) is 4.76. The summed E-state index contributed by atoms with van der Waals surface area (Å²) in [6, 6.07) is 6.55. The Labute approximate surface area is 103 Å². The Kier molecular flexibility index (Phi) is 3.57. The maximum absolute atomic E-state index is 9.93. The molecule has 0 aliphatic heterocycles. The van der Waals surface area contributed by atoms with Crippen molar-refractivity contribution in [1.82, 2.24) is 0 Å². The molecule has 3 nitrogen and oxygen atoms in total. The topological polar surface area (TPSA) is 32.7 Å². The van der Waals surface area contributed by atoms with Gasteiger partial charge in [0.1, 0.15) is 5.75 Å². The van der Waals surface area contributed by atoms with Crippen molar-refractivity contribution in [2.75, 3.05) is 19.1 Å². The van der Waals surface area contributed by atoms with Crippen LogP contribution in [0, 0.1) is 0 Å². The molecule has 1 aromatic carbocycles. The van der Waals surface area contributed by atoms with Crippen LogP contribution in [0.5, 0.6) is 5.75 Å². The molecule has 0 heterocycles. The zero-order valence-electron chi connectivity index (χ0n) is 10.8. The molecule has 3 heteroatoms. The van der Waals surface area contributed by atoms with E-state index in [0.717, 1.165) is 17.0 Å². The van der Waals surface area contributed by atoms with Crippen molar-refractivity contribution in [3.05, 3.63) is 23.8 Å². The quantitative estimate of drug-likeness (QED) is 0.871. The molecule has 1 aliphatic rings. The van der Waals surface area contributed by atoms with E-state index in [-0.39, 0.29) is 0 Å². The van der Waals surface area contributed by atoms with Crippen molar-refractivity contribution in [2.24, 2.45) is 0 Å². The highest BCUT2D eigenvalue weighted by molar-refractivity contribution is 5.60. The van der Waals surface area contributed by atoms with Gasteiger partial charge in [-0.2, -0.15) is 0 Å². The van der Waals surface area contributed by atoms with Crippen LogP contribution in [0.25, 0.3) is 0 Å². The molecule has 0 amide bonds. The molecule has 0 radical (unpaired) electrons. The van der Waals surface area contributed by atoms with Crippen LogP contribution in [-0.4, -0.2) is 25.3 Å². The fourth-order valence-electron chi connectivity index (χ4n) is 2.41. The lowest BCUT2D eigenvalue weighted by atomic mass is 9.90. The molecular formula is C14H21NO2. The van der Waals surface area contributed by atoms with E-state index >= 15 is 0 Å². The molecule has 2 rings (SSSR count). The van der Waals surface area contributed by atoms with Gasteiger partial charge in [0, 0.05) is 24.3 Å². The first kappa shape index (κ1) is 12.2. The number of hydrogen-bond donors (Lipinski definition) is 1. The maximum Gasteiger partial charge on any atom is 0.126 e. The fourth-order valence-corrected chi connectivity index (χ4v) is 2.41. The van der Waals surface area contributed by atoms with Gasteiger partial charge in [0.2, 0.25) is 0 Å². The van der Waals surface area contributed by atoms with E-state index in [9.17, 15) is 5.11 Å². The fraction of sp³-hybridized carbons (Fsp3) is 0.571. The first-order valence-corrected chi connectivity index (χ1v) is 6.23. The Bertz CT molecular complexity index is 386. The number of anilines is 1. The van der Waals surface area contributed by atoms with E-state index < -0.39 is 6.10 Å². The lowest BCUT2D eigenvalue weighted by Crippen LogP contribution is -2.37. The first-order chi connectivity index (χ1) is 8.15. The SMILES string of the molecule is COc1cccc(N(C)C2CCC2)c1C(C)O. The van der Waals surface area contributed by atoms with Crippen molar-refractivity contribution in [3.8, 4) is 5.75 Å². The summed E-state index contributed by atoms with van der Waals surface area (Å²) >= 11 is 0. The highest BCUT2D eigenvalue weighted by atomic mass is 16.5. The number of aliphatic hydroxyl groups is 1. The van der Waals surface area contributed by atoms with Gasteiger partial charge < -0.3 is 14.7 Å². The molecule has 1 aromatic rings. The van der Waals surface area contributed by atoms with Crippen LogP contribution >= 0.6 is 0 Å². The number of methoxy groups -OCH3 is 1. The molecule has 1 fully saturated rings. The van der Waals surface area contributed by atoms with E-state index in [1.807, 2.05) is 12.1 Å². The summed E-state index contributed by atoms with van der Waals surface area (Å²) in [5.41, 5.74) is 1.98. The number of aliphatic hydroxyl groups excluding tert-OH is 1. The largest absolute Gasteiger partial charge is 0.496 e. The minimum Gasteiger partial charge on any atom is -0.496 e. The summed E-state index contributed by atoms with van der Waals surface area (Å²) in [5, 5.41) is 9.93. The van der Waals surface area contributed by atoms with Gasteiger partial charge in [0.05, 0.1) is 13.2 Å². The second kappa shape index (κ2) is 4.96. The summed E-state index contributed by atoms with van der Waals surface area (Å²) in [5.74, 6) is 0.767. The Morgan fingerprint density at radius 2 is 2.12 bits per heavy atom. The number of nitrogens with zero attached hydrogens (tertiary/aromatic N) is 1. The van der Waals surface area contributed by atoms with Gasteiger partial charge in [-0.15, -0.1) is 0 Å². The molecule has 0 bridgehead atoms. The van der Waals surface area contributed by atoms with Gasteiger partial charge in [-0.3, -0.25) is 0 Å². The molecule has 94 valence electrons. The van der Waals surface area contributed by atoms with Crippen LogP contribution in [0.15, 0.2) is 18.2 Å². The third-order valence-electron chi connectivity index (χ3n) is 3.68. The van der Waals surface area contributed by atoms with Gasteiger partial charge >= 0.3 is 0 Å². The van der Waals surface area contributed by atoms with E-state index in [4.69, 9.17) is 4.74 Å². The van der Waals surface area contributed by atoms with E-state index in [0.29, 0.717) is 6.04 Å². The van der Waals surface area contributed by atoms with E-state index in [1.165, 1.54) is 19.3 Å². The van der Waals surface area contributed by atoms with Gasteiger partial charge in [0.15, 0.2) is 0 Å². The summed E-state index contributed by atoms with van der Waals surface area (Å²) in [4.78, 5) is 2.27. The number of benzene rings is 1. The zero-order valence-corrected chi connectivity index (χ0v) is 10.8. The third kappa shape index (κ3) is 2.25. The average Bonchev–Trinajstić information content (AvgIpc) is 2.25. The molecule has 0 aromatic heterocycles. The van der Waals surface area contributed by atoms with Gasteiger partial charge in [-0.05, 0) is 38.3 Å². The van der Waals surface area contributed by atoms with Crippen molar-refractivity contribution < 1.29 is 9.84 Å². The molecule has 1 unspecified atom stereocenters. The normalized spacial score (nSPS) is 17.4. The van der Waals surface area contributed by atoms with Crippen molar-refractivity contribution in [2.45, 2.75) is 38.3 Å². The van der Waals surface area contributed by atoms with Gasteiger partial charge in [-0.25, -0.2) is 0 Å². The standard InChI is InChI=1S/C14H21NO2/c1-10(16)14-12(8-5-9-13(14)17-3)15(2)11-6-4-7-11/h5,8-11,16H,4,6-7H2,1-3H3.